The first-order valence-corrected chi connectivity index (χ1v) is 13.4. The molecule has 0 spiro atoms. The second-order valence-electron chi connectivity index (χ2n) is 10.7. The Balaban J connectivity index is 1.11. The zero-order chi connectivity index (χ0) is 25.4. The summed E-state index contributed by atoms with van der Waals surface area (Å²) >= 11 is 0. The fourth-order valence-corrected chi connectivity index (χ4v) is 5.33. The third-order valence-electron chi connectivity index (χ3n) is 7.87. The van der Waals surface area contributed by atoms with E-state index in [1.165, 1.54) is 12.1 Å². The molecule has 7 heteroatoms. The number of ether oxygens (including phenoxy) is 1. The third-order valence-corrected chi connectivity index (χ3v) is 7.87. The number of nitrogens with one attached hydrogen (secondary N) is 1. The summed E-state index contributed by atoms with van der Waals surface area (Å²) < 4.78 is 19.4. The number of fused-ring (bicyclic) bond motifs is 1. The normalized spacial score (nSPS) is 21.5. The highest BCUT2D eigenvalue weighted by Crippen LogP contribution is 2.30. The van der Waals surface area contributed by atoms with Crippen LogP contribution in [-0.2, 0) is 4.79 Å². The summed E-state index contributed by atoms with van der Waals surface area (Å²) in [6.07, 6.45) is 3.66. The Hall–Kier alpha value is -3.16. The lowest BCUT2D eigenvalue weighted by Gasteiger charge is -2.36. The predicted octanol–water partition coefficient (Wildman–Crippen LogP) is 4.27. The van der Waals surface area contributed by atoms with Gasteiger partial charge in [0.25, 0.3) is 0 Å². The van der Waals surface area contributed by atoms with E-state index < -0.39 is 6.10 Å². The monoisotopic (exact) mass is 503 g/mol. The molecule has 6 rings (SSSR count). The van der Waals surface area contributed by atoms with E-state index in [9.17, 15) is 14.3 Å². The zero-order valence-electron chi connectivity index (χ0n) is 21.0. The number of aliphatic hydroxyl groups is 1. The highest BCUT2D eigenvalue weighted by atomic mass is 19.1. The standard InChI is InChI=1S/C30H34FN3O3/c31-24-6-2-22-17-25(7-3-21(22)16-24)34-15-12-23(18-34)30(36)32-28(19-33-13-1-14-33)29(35)20-4-8-26(9-5-20)37-27-10-11-27/h2-9,16-17,23,27-29,35H,1,10-15,18-19H2,(H,32,36)/t23?,28-,29-/m1/s1. The molecule has 0 bridgehead atoms. The van der Waals surface area contributed by atoms with Gasteiger partial charge < -0.3 is 25.0 Å². The summed E-state index contributed by atoms with van der Waals surface area (Å²) in [6.45, 7) is 4.03. The number of halogens is 1. The first-order chi connectivity index (χ1) is 18.0. The molecule has 3 aromatic carbocycles. The van der Waals surface area contributed by atoms with Crippen molar-refractivity contribution in [3.05, 3.63) is 72.0 Å². The Morgan fingerprint density at radius 1 is 1.00 bits per heavy atom. The number of hydrogen-bond acceptors (Lipinski definition) is 5. The van der Waals surface area contributed by atoms with Crippen LogP contribution < -0.4 is 15.0 Å². The van der Waals surface area contributed by atoms with Gasteiger partial charge in [-0.2, -0.15) is 0 Å². The van der Waals surface area contributed by atoms with Crippen molar-refractivity contribution in [1.82, 2.24) is 10.2 Å². The van der Waals surface area contributed by atoms with Crippen molar-refractivity contribution in [1.29, 1.82) is 0 Å². The van der Waals surface area contributed by atoms with Crippen molar-refractivity contribution >= 4 is 22.4 Å². The maximum absolute atomic E-state index is 13.5. The van der Waals surface area contributed by atoms with Crippen molar-refractivity contribution in [3.8, 4) is 5.75 Å². The van der Waals surface area contributed by atoms with Crippen molar-refractivity contribution in [2.75, 3.05) is 37.6 Å². The largest absolute Gasteiger partial charge is 0.490 e. The van der Waals surface area contributed by atoms with Gasteiger partial charge in [-0.25, -0.2) is 4.39 Å². The summed E-state index contributed by atoms with van der Waals surface area (Å²) in [5, 5.41) is 16.3. The molecular weight excluding hydrogens is 469 g/mol. The van der Waals surface area contributed by atoms with Crippen LogP contribution in [0.2, 0.25) is 0 Å². The molecule has 2 N–H and O–H groups in total. The van der Waals surface area contributed by atoms with E-state index in [1.807, 2.05) is 36.4 Å². The van der Waals surface area contributed by atoms with Crippen LogP contribution in [0, 0.1) is 11.7 Å². The van der Waals surface area contributed by atoms with E-state index in [2.05, 4.69) is 21.2 Å². The molecule has 0 radical (unpaired) electrons. The van der Waals surface area contributed by atoms with Gasteiger partial charge in [-0.1, -0.05) is 24.3 Å². The van der Waals surface area contributed by atoms with Gasteiger partial charge in [-0.3, -0.25) is 4.79 Å². The Morgan fingerprint density at radius 2 is 1.76 bits per heavy atom. The first-order valence-electron chi connectivity index (χ1n) is 13.4. The number of anilines is 1. The molecule has 2 saturated heterocycles. The number of carbonyl (C=O) groups is 1. The van der Waals surface area contributed by atoms with Crippen LogP contribution in [0.15, 0.2) is 60.7 Å². The van der Waals surface area contributed by atoms with Gasteiger partial charge >= 0.3 is 0 Å². The van der Waals surface area contributed by atoms with Crippen LogP contribution in [0.4, 0.5) is 10.1 Å². The lowest BCUT2D eigenvalue weighted by Crippen LogP contribution is -2.52. The summed E-state index contributed by atoms with van der Waals surface area (Å²) in [6, 6.07) is 18.0. The molecule has 37 heavy (non-hydrogen) atoms. The quantitative estimate of drug-likeness (QED) is 0.457. The van der Waals surface area contributed by atoms with Crippen LogP contribution in [0.5, 0.6) is 5.75 Å². The molecule has 1 aliphatic carbocycles. The minimum absolute atomic E-state index is 0.0105. The topological polar surface area (TPSA) is 65.0 Å². The Morgan fingerprint density at radius 3 is 2.49 bits per heavy atom. The molecule has 6 nitrogen and oxygen atoms in total. The second-order valence-corrected chi connectivity index (χ2v) is 10.7. The van der Waals surface area contributed by atoms with Gasteiger partial charge in [0.1, 0.15) is 17.7 Å². The van der Waals surface area contributed by atoms with Gasteiger partial charge in [0.05, 0.1) is 18.1 Å². The molecule has 1 unspecified atom stereocenters. The van der Waals surface area contributed by atoms with Gasteiger partial charge in [-0.05, 0) is 91.5 Å². The lowest BCUT2D eigenvalue weighted by atomic mass is 9.99. The summed E-state index contributed by atoms with van der Waals surface area (Å²) in [5.41, 5.74) is 1.83. The zero-order valence-corrected chi connectivity index (χ0v) is 21.0. The number of likely N-dealkylation sites (tertiary alicyclic amines) is 1. The Kier molecular flexibility index (Phi) is 6.74. The fraction of sp³-hybridized carbons (Fsp3) is 0.433. The highest BCUT2D eigenvalue weighted by Gasteiger charge is 2.33. The lowest BCUT2D eigenvalue weighted by molar-refractivity contribution is -0.126. The van der Waals surface area contributed by atoms with E-state index in [-0.39, 0.29) is 23.7 Å². The molecule has 2 aliphatic heterocycles. The van der Waals surface area contributed by atoms with Gasteiger partial charge in [0.2, 0.25) is 5.91 Å². The molecule has 1 saturated carbocycles. The van der Waals surface area contributed by atoms with Crippen molar-refractivity contribution in [3.63, 3.8) is 0 Å². The van der Waals surface area contributed by atoms with Crippen LogP contribution in [0.25, 0.3) is 10.8 Å². The summed E-state index contributed by atoms with van der Waals surface area (Å²) in [4.78, 5) is 17.8. The average Bonchev–Trinajstić information content (AvgIpc) is 3.55. The number of hydrogen-bond donors (Lipinski definition) is 2. The SMILES string of the molecule is O=C(N[C@H](CN1CCC1)[C@H](O)c1ccc(OC2CC2)cc1)C1CCN(c2ccc3cc(F)ccc3c2)C1. The van der Waals surface area contributed by atoms with E-state index in [4.69, 9.17) is 4.74 Å². The van der Waals surface area contributed by atoms with Gasteiger partial charge in [0.15, 0.2) is 0 Å². The number of carbonyl (C=O) groups excluding carboxylic acids is 1. The van der Waals surface area contributed by atoms with Crippen molar-refractivity contribution in [2.24, 2.45) is 5.92 Å². The smallest absolute Gasteiger partial charge is 0.225 e. The Bertz CT molecular complexity index is 1260. The van der Waals surface area contributed by atoms with Gasteiger partial charge in [0, 0.05) is 25.3 Å². The number of rotatable bonds is 9. The third kappa shape index (κ3) is 5.58. The molecule has 3 aliphatic rings. The van der Waals surface area contributed by atoms with Crippen molar-refractivity contribution in [2.45, 2.75) is 43.9 Å². The molecule has 3 atom stereocenters. The predicted molar refractivity (Wildman–Crippen MR) is 142 cm³/mol. The van der Waals surface area contributed by atoms with Crippen LogP contribution >= 0.6 is 0 Å². The maximum atomic E-state index is 13.5. The fourth-order valence-electron chi connectivity index (χ4n) is 5.33. The van der Waals surface area contributed by atoms with Crippen LogP contribution in [0.1, 0.15) is 37.4 Å². The molecule has 3 fully saturated rings. The van der Waals surface area contributed by atoms with Crippen LogP contribution in [-0.4, -0.2) is 60.8 Å². The minimum atomic E-state index is -0.794. The number of nitrogens with zero attached hydrogens (tertiary/aromatic N) is 2. The number of aliphatic hydroxyl groups excluding tert-OH is 1. The van der Waals surface area contributed by atoms with Crippen LogP contribution in [0.3, 0.4) is 0 Å². The molecule has 3 aromatic rings. The molecule has 194 valence electrons. The molecule has 0 aromatic heterocycles. The highest BCUT2D eigenvalue weighted by molar-refractivity contribution is 5.86. The number of benzene rings is 3. The van der Waals surface area contributed by atoms with E-state index in [0.717, 1.165) is 73.1 Å². The first kappa shape index (κ1) is 24.2. The number of amides is 1. The van der Waals surface area contributed by atoms with Gasteiger partial charge in [-0.15, -0.1) is 0 Å². The second kappa shape index (κ2) is 10.3. The molecule has 2 heterocycles. The summed E-state index contributed by atoms with van der Waals surface area (Å²) in [5.74, 6) is 0.426. The average molecular weight is 504 g/mol. The maximum Gasteiger partial charge on any atom is 0.225 e. The molecular formula is C30H34FN3O3. The van der Waals surface area contributed by atoms with E-state index in [0.29, 0.717) is 19.2 Å². The Labute approximate surface area is 217 Å². The van der Waals surface area contributed by atoms with E-state index in [1.54, 1.807) is 6.07 Å². The van der Waals surface area contributed by atoms with Crippen molar-refractivity contribution < 1.29 is 19.0 Å². The minimum Gasteiger partial charge on any atom is -0.490 e. The summed E-state index contributed by atoms with van der Waals surface area (Å²) in [7, 11) is 0. The van der Waals surface area contributed by atoms with E-state index >= 15 is 0 Å². The molecule has 1 amide bonds.